The minimum Gasteiger partial charge on any atom is -0.451 e. The van der Waals surface area contributed by atoms with Gasteiger partial charge in [0, 0.05) is 22.5 Å². The maximum Gasteiger partial charge on any atom is 0.290 e. The summed E-state index contributed by atoms with van der Waals surface area (Å²) in [5, 5.41) is 4.43. The van der Waals surface area contributed by atoms with E-state index >= 15 is 0 Å². The van der Waals surface area contributed by atoms with Gasteiger partial charge in [-0.1, -0.05) is 48.3 Å². The molecule has 2 amide bonds. The Hall–Kier alpha value is -2.50. The van der Waals surface area contributed by atoms with Crippen molar-refractivity contribution in [3.05, 3.63) is 63.8 Å². The fraction of sp³-hybridized carbons (Fsp3) is 0.238. The summed E-state index contributed by atoms with van der Waals surface area (Å²) in [6, 6.07) is 12.3. The summed E-state index contributed by atoms with van der Waals surface area (Å²) in [6.45, 7) is 4.09. The van der Waals surface area contributed by atoms with Crippen LogP contribution in [0.15, 0.2) is 46.9 Å². The molecule has 0 aliphatic rings. The van der Waals surface area contributed by atoms with Crippen LogP contribution >= 0.6 is 23.2 Å². The van der Waals surface area contributed by atoms with E-state index in [1.54, 1.807) is 18.2 Å². The third-order valence-electron chi connectivity index (χ3n) is 4.36. The van der Waals surface area contributed by atoms with Gasteiger partial charge in [-0.05, 0) is 37.6 Å². The number of aryl methyl sites for hydroxylation is 1. The number of fused-ring (bicyclic) bond motifs is 1. The summed E-state index contributed by atoms with van der Waals surface area (Å²) in [5.41, 5.74) is 1.82. The van der Waals surface area contributed by atoms with Crippen molar-refractivity contribution in [2.75, 3.05) is 18.4 Å². The molecular weight excluding hydrogens is 399 g/mol. The number of halogens is 2. The summed E-state index contributed by atoms with van der Waals surface area (Å²) in [7, 11) is 0. The predicted octanol–water partition coefficient (Wildman–Crippen LogP) is 5.54. The molecule has 0 fully saturated rings. The molecule has 0 spiro atoms. The highest BCUT2D eigenvalue weighted by Gasteiger charge is 2.24. The maximum atomic E-state index is 13.0. The normalized spacial score (nSPS) is 10.9. The molecule has 5 nitrogen and oxygen atoms in total. The number of rotatable bonds is 6. The first-order chi connectivity index (χ1) is 13.4. The second kappa shape index (κ2) is 8.67. The third kappa shape index (κ3) is 4.32. The third-order valence-corrected chi connectivity index (χ3v) is 4.92. The fourth-order valence-electron chi connectivity index (χ4n) is 3.00. The molecule has 0 radical (unpaired) electrons. The van der Waals surface area contributed by atoms with E-state index < -0.39 is 0 Å². The molecular formula is C21H20Cl2N2O3. The first-order valence-electron chi connectivity index (χ1n) is 8.93. The van der Waals surface area contributed by atoms with Crippen LogP contribution in [0.4, 0.5) is 5.69 Å². The number of hydrogen-bond donors (Lipinski definition) is 1. The highest BCUT2D eigenvalue weighted by atomic mass is 35.5. The lowest BCUT2D eigenvalue weighted by molar-refractivity contribution is -0.116. The number of furan rings is 1. The topological polar surface area (TPSA) is 62.6 Å². The van der Waals surface area contributed by atoms with Gasteiger partial charge in [-0.3, -0.25) is 9.59 Å². The van der Waals surface area contributed by atoms with Crippen molar-refractivity contribution in [2.45, 2.75) is 20.3 Å². The van der Waals surface area contributed by atoms with Crippen LogP contribution in [0.25, 0.3) is 11.0 Å². The summed E-state index contributed by atoms with van der Waals surface area (Å²) in [6.07, 6.45) is 0.705. The molecule has 7 heteroatoms. The SMILES string of the molecule is CCCN(CC(=O)Nc1cc(Cl)ccc1Cl)C(=O)c1oc2ccccc2c1C. The van der Waals surface area contributed by atoms with E-state index in [1.165, 1.54) is 4.90 Å². The molecule has 1 heterocycles. The zero-order valence-electron chi connectivity index (χ0n) is 15.6. The molecule has 28 heavy (non-hydrogen) atoms. The zero-order valence-corrected chi connectivity index (χ0v) is 17.1. The van der Waals surface area contributed by atoms with Gasteiger partial charge in [-0.25, -0.2) is 0 Å². The number of para-hydroxylation sites is 1. The van der Waals surface area contributed by atoms with Crippen LogP contribution in [0.3, 0.4) is 0 Å². The number of amides is 2. The Kier molecular flexibility index (Phi) is 6.27. The highest BCUT2D eigenvalue weighted by molar-refractivity contribution is 6.35. The van der Waals surface area contributed by atoms with Crippen molar-refractivity contribution in [2.24, 2.45) is 0 Å². The number of carbonyl (C=O) groups excluding carboxylic acids is 2. The Balaban J connectivity index is 1.80. The van der Waals surface area contributed by atoms with E-state index in [0.29, 0.717) is 34.3 Å². The van der Waals surface area contributed by atoms with Crippen molar-refractivity contribution in [3.63, 3.8) is 0 Å². The van der Waals surface area contributed by atoms with Crippen molar-refractivity contribution < 1.29 is 14.0 Å². The van der Waals surface area contributed by atoms with Gasteiger partial charge >= 0.3 is 0 Å². The number of hydrogen-bond acceptors (Lipinski definition) is 3. The van der Waals surface area contributed by atoms with Crippen LogP contribution in [-0.2, 0) is 4.79 Å². The van der Waals surface area contributed by atoms with Crippen molar-refractivity contribution >= 4 is 51.7 Å². The van der Waals surface area contributed by atoms with Gasteiger partial charge in [0.2, 0.25) is 5.91 Å². The van der Waals surface area contributed by atoms with Crippen molar-refractivity contribution in [1.82, 2.24) is 4.90 Å². The smallest absolute Gasteiger partial charge is 0.290 e. The Labute approximate surface area is 173 Å². The predicted molar refractivity (Wildman–Crippen MR) is 112 cm³/mol. The van der Waals surface area contributed by atoms with Crippen LogP contribution < -0.4 is 5.32 Å². The second-order valence-corrected chi connectivity index (χ2v) is 7.30. The number of benzene rings is 2. The molecule has 1 aromatic heterocycles. The zero-order chi connectivity index (χ0) is 20.3. The molecule has 146 valence electrons. The Morgan fingerprint density at radius 1 is 1.14 bits per heavy atom. The maximum absolute atomic E-state index is 13.0. The minimum atomic E-state index is -0.361. The average molecular weight is 419 g/mol. The minimum absolute atomic E-state index is 0.119. The van der Waals surface area contributed by atoms with Gasteiger partial charge in [0.05, 0.1) is 10.7 Å². The largest absolute Gasteiger partial charge is 0.451 e. The quantitative estimate of drug-likeness (QED) is 0.571. The molecule has 0 aliphatic heterocycles. The summed E-state index contributed by atoms with van der Waals surface area (Å²) >= 11 is 12.0. The Bertz CT molecular complexity index is 1030. The average Bonchev–Trinajstić information content (AvgIpc) is 3.01. The molecule has 2 aromatic carbocycles. The summed E-state index contributed by atoms with van der Waals surface area (Å²) in [5.74, 6) is -0.425. The molecule has 1 N–H and O–H groups in total. The van der Waals surface area contributed by atoms with Crippen LogP contribution in [-0.4, -0.2) is 29.8 Å². The highest BCUT2D eigenvalue weighted by Crippen LogP contribution is 2.27. The lowest BCUT2D eigenvalue weighted by Crippen LogP contribution is -2.38. The molecule has 3 rings (SSSR count). The molecule has 0 saturated carbocycles. The molecule has 0 bridgehead atoms. The number of anilines is 1. The van der Waals surface area contributed by atoms with Gasteiger partial charge in [-0.2, -0.15) is 0 Å². The first-order valence-corrected chi connectivity index (χ1v) is 9.68. The molecule has 0 aliphatic carbocycles. The van der Waals surface area contributed by atoms with E-state index in [1.807, 2.05) is 38.1 Å². The lowest BCUT2D eigenvalue weighted by Gasteiger charge is -2.21. The van der Waals surface area contributed by atoms with Gasteiger partial charge in [0.1, 0.15) is 12.1 Å². The van der Waals surface area contributed by atoms with Crippen LogP contribution in [0, 0.1) is 6.92 Å². The summed E-state index contributed by atoms with van der Waals surface area (Å²) < 4.78 is 5.76. The summed E-state index contributed by atoms with van der Waals surface area (Å²) in [4.78, 5) is 27.0. The van der Waals surface area contributed by atoms with Gasteiger partial charge in [-0.15, -0.1) is 0 Å². The van der Waals surface area contributed by atoms with Gasteiger partial charge < -0.3 is 14.6 Å². The number of nitrogens with one attached hydrogen (secondary N) is 1. The van der Waals surface area contributed by atoms with Crippen LogP contribution in [0.1, 0.15) is 29.5 Å². The fourth-order valence-corrected chi connectivity index (χ4v) is 3.34. The van der Waals surface area contributed by atoms with Crippen LogP contribution in [0.2, 0.25) is 10.0 Å². The van der Waals surface area contributed by atoms with E-state index in [4.69, 9.17) is 27.6 Å². The van der Waals surface area contributed by atoms with E-state index in [9.17, 15) is 9.59 Å². The number of nitrogens with zero attached hydrogens (tertiary/aromatic N) is 1. The van der Waals surface area contributed by atoms with E-state index in [2.05, 4.69) is 5.32 Å². The first kappa shape index (κ1) is 20.2. The van der Waals surface area contributed by atoms with Gasteiger partial charge in [0.25, 0.3) is 5.91 Å². The van der Waals surface area contributed by atoms with Crippen molar-refractivity contribution in [1.29, 1.82) is 0 Å². The Morgan fingerprint density at radius 3 is 2.61 bits per heavy atom. The van der Waals surface area contributed by atoms with Crippen LogP contribution in [0.5, 0.6) is 0 Å². The lowest BCUT2D eigenvalue weighted by atomic mass is 10.1. The Morgan fingerprint density at radius 2 is 1.89 bits per heavy atom. The number of carbonyl (C=O) groups is 2. The molecule has 0 atom stereocenters. The van der Waals surface area contributed by atoms with E-state index in [0.717, 1.165) is 10.9 Å². The molecule has 3 aromatic rings. The standard InChI is InChI=1S/C21H20Cl2N2O3/c1-3-10-25(12-19(26)24-17-11-14(22)8-9-16(17)23)21(27)20-13(2)15-6-4-5-7-18(15)28-20/h4-9,11H,3,10,12H2,1-2H3,(H,24,26). The van der Waals surface area contributed by atoms with E-state index in [-0.39, 0.29) is 24.1 Å². The molecule has 0 unspecified atom stereocenters. The second-order valence-electron chi connectivity index (χ2n) is 6.45. The van der Waals surface area contributed by atoms with Crippen molar-refractivity contribution in [3.8, 4) is 0 Å². The molecule has 0 saturated heterocycles. The van der Waals surface area contributed by atoms with Gasteiger partial charge in [0.15, 0.2) is 5.76 Å². The monoisotopic (exact) mass is 418 g/mol.